The summed E-state index contributed by atoms with van der Waals surface area (Å²) in [6.45, 7) is 4.80. The van der Waals surface area contributed by atoms with Crippen LogP contribution in [0.15, 0.2) is 11.8 Å². The Bertz CT molecular complexity index is 185. The van der Waals surface area contributed by atoms with Crippen LogP contribution in [0.25, 0.3) is 0 Å². The molecular formula is C10H17NO2. The second kappa shape index (κ2) is 4.63. The Balaban J connectivity index is 1.57. The van der Waals surface area contributed by atoms with Crippen molar-refractivity contribution in [3.63, 3.8) is 0 Å². The molecule has 0 amide bonds. The minimum atomic E-state index is 0.725. The van der Waals surface area contributed by atoms with Gasteiger partial charge in [-0.1, -0.05) is 0 Å². The van der Waals surface area contributed by atoms with E-state index in [1.165, 1.54) is 12.0 Å². The highest BCUT2D eigenvalue weighted by Crippen LogP contribution is 2.12. The van der Waals surface area contributed by atoms with Crippen molar-refractivity contribution in [2.24, 2.45) is 5.92 Å². The lowest BCUT2D eigenvalue weighted by Gasteiger charge is -2.08. The monoisotopic (exact) mass is 183 g/mol. The van der Waals surface area contributed by atoms with E-state index in [1.807, 2.05) is 6.26 Å². The topological polar surface area (TPSA) is 30.5 Å². The minimum absolute atomic E-state index is 0.725. The van der Waals surface area contributed by atoms with Crippen LogP contribution < -0.4 is 5.32 Å². The van der Waals surface area contributed by atoms with Gasteiger partial charge >= 0.3 is 0 Å². The molecule has 1 fully saturated rings. The molecule has 2 aliphatic rings. The molecule has 0 spiro atoms. The highest BCUT2D eigenvalue weighted by molar-refractivity contribution is 5.04. The Morgan fingerprint density at radius 1 is 1.46 bits per heavy atom. The molecule has 74 valence electrons. The maximum atomic E-state index is 5.30. The van der Waals surface area contributed by atoms with Gasteiger partial charge in [0.1, 0.15) is 0 Å². The Labute approximate surface area is 79.1 Å². The molecule has 2 aliphatic heterocycles. The van der Waals surface area contributed by atoms with E-state index in [0.717, 1.165) is 45.2 Å². The molecule has 1 unspecified atom stereocenters. The van der Waals surface area contributed by atoms with Crippen molar-refractivity contribution in [3.05, 3.63) is 11.8 Å². The third-order valence-electron chi connectivity index (χ3n) is 2.60. The first kappa shape index (κ1) is 9.03. The number of hydrogen-bond acceptors (Lipinski definition) is 3. The molecule has 2 heterocycles. The van der Waals surface area contributed by atoms with Crippen LogP contribution in [0.1, 0.15) is 12.8 Å². The molecule has 3 nitrogen and oxygen atoms in total. The molecule has 0 aliphatic carbocycles. The van der Waals surface area contributed by atoms with Crippen LogP contribution in [0.4, 0.5) is 0 Å². The Morgan fingerprint density at radius 2 is 2.46 bits per heavy atom. The summed E-state index contributed by atoms with van der Waals surface area (Å²) >= 11 is 0. The second-order valence-corrected chi connectivity index (χ2v) is 3.76. The summed E-state index contributed by atoms with van der Waals surface area (Å²) in [6.07, 6.45) is 4.19. The summed E-state index contributed by atoms with van der Waals surface area (Å²) in [5, 5.41) is 3.44. The molecule has 0 bridgehead atoms. The van der Waals surface area contributed by atoms with E-state index in [1.54, 1.807) is 0 Å². The van der Waals surface area contributed by atoms with Gasteiger partial charge in [-0.2, -0.15) is 0 Å². The maximum Gasteiger partial charge on any atom is 0.0912 e. The molecule has 1 atom stereocenters. The summed E-state index contributed by atoms with van der Waals surface area (Å²) in [7, 11) is 0. The van der Waals surface area contributed by atoms with Crippen molar-refractivity contribution in [3.8, 4) is 0 Å². The lowest BCUT2D eigenvalue weighted by atomic mass is 10.1. The quantitative estimate of drug-likeness (QED) is 0.703. The van der Waals surface area contributed by atoms with E-state index in [0.29, 0.717) is 0 Å². The number of nitrogens with one attached hydrogen (secondary N) is 1. The Morgan fingerprint density at radius 3 is 3.15 bits per heavy atom. The first-order chi connectivity index (χ1) is 6.45. The van der Waals surface area contributed by atoms with Crippen LogP contribution in [0.2, 0.25) is 0 Å². The number of ether oxygens (including phenoxy) is 2. The zero-order valence-corrected chi connectivity index (χ0v) is 7.92. The fourth-order valence-electron chi connectivity index (χ4n) is 1.74. The maximum absolute atomic E-state index is 5.30. The van der Waals surface area contributed by atoms with Crippen LogP contribution >= 0.6 is 0 Å². The van der Waals surface area contributed by atoms with E-state index in [9.17, 15) is 0 Å². The van der Waals surface area contributed by atoms with E-state index in [2.05, 4.69) is 5.32 Å². The normalized spacial score (nSPS) is 27.4. The van der Waals surface area contributed by atoms with Crippen molar-refractivity contribution in [1.82, 2.24) is 5.32 Å². The zero-order chi connectivity index (χ0) is 8.93. The zero-order valence-electron chi connectivity index (χ0n) is 7.92. The third-order valence-corrected chi connectivity index (χ3v) is 2.60. The predicted molar refractivity (Wildman–Crippen MR) is 50.4 cm³/mol. The standard InChI is InChI=1S/C10H17NO2/c1-3-12-7-9(1)5-11-6-10-2-4-13-8-10/h7,10-11H,1-6,8H2. The molecular weight excluding hydrogens is 166 g/mol. The Kier molecular flexibility index (Phi) is 3.22. The SMILES string of the molecule is C1=C(CNCC2CCOC2)CCO1. The predicted octanol–water partition coefficient (Wildman–Crippen LogP) is 0.917. The summed E-state index contributed by atoms with van der Waals surface area (Å²) in [4.78, 5) is 0. The first-order valence-corrected chi connectivity index (χ1v) is 5.03. The average Bonchev–Trinajstić information content (AvgIpc) is 2.75. The fraction of sp³-hybridized carbons (Fsp3) is 0.800. The third kappa shape index (κ3) is 2.71. The lowest BCUT2D eigenvalue weighted by Crippen LogP contribution is -2.24. The van der Waals surface area contributed by atoms with Gasteiger partial charge in [0, 0.05) is 26.1 Å². The van der Waals surface area contributed by atoms with Gasteiger partial charge in [-0.05, 0) is 17.9 Å². The largest absolute Gasteiger partial charge is 0.501 e. The van der Waals surface area contributed by atoms with Crippen LogP contribution in [0, 0.1) is 5.92 Å². The summed E-state index contributed by atoms with van der Waals surface area (Å²) < 4.78 is 10.5. The van der Waals surface area contributed by atoms with Gasteiger partial charge < -0.3 is 14.8 Å². The summed E-state index contributed by atoms with van der Waals surface area (Å²) in [5.41, 5.74) is 1.39. The molecule has 0 saturated carbocycles. The van der Waals surface area contributed by atoms with Gasteiger partial charge in [0.05, 0.1) is 19.5 Å². The molecule has 0 aromatic carbocycles. The summed E-state index contributed by atoms with van der Waals surface area (Å²) in [6, 6.07) is 0. The smallest absolute Gasteiger partial charge is 0.0912 e. The van der Waals surface area contributed by atoms with Crippen molar-refractivity contribution < 1.29 is 9.47 Å². The van der Waals surface area contributed by atoms with E-state index in [4.69, 9.17) is 9.47 Å². The minimum Gasteiger partial charge on any atom is -0.501 e. The van der Waals surface area contributed by atoms with Gasteiger partial charge in [0.25, 0.3) is 0 Å². The van der Waals surface area contributed by atoms with Crippen LogP contribution in [-0.2, 0) is 9.47 Å². The molecule has 0 aromatic heterocycles. The average molecular weight is 183 g/mol. The van der Waals surface area contributed by atoms with Crippen molar-refractivity contribution >= 4 is 0 Å². The molecule has 1 saturated heterocycles. The molecule has 0 aromatic rings. The van der Waals surface area contributed by atoms with E-state index >= 15 is 0 Å². The molecule has 3 heteroatoms. The Hall–Kier alpha value is -0.540. The van der Waals surface area contributed by atoms with E-state index < -0.39 is 0 Å². The van der Waals surface area contributed by atoms with Crippen LogP contribution in [0.3, 0.4) is 0 Å². The lowest BCUT2D eigenvalue weighted by molar-refractivity contribution is 0.185. The highest BCUT2D eigenvalue weighted by atomic mass is 16.5. The number of hydrogen-bond donors (Lipinski definition) is 1. The second-order valence-electron chi connectivity index (χ2n) is 3.76. The van der Waals surface area contributed by atoms with Crippen LogP contribution in [-0.4, -0.2) is 32.9 Å². The van der Waals surface area contributed by atoms with Crippen molar-refractivity contribution in [2.45, 2.75) is 12.8 Å². The molecule has 0 radical (unpaired) electrons. The molecule has 2 rings (SSSR count). The van der Waals surface area contributed by atoms with Gasteiger partial charge in [-0.25, -0.2) is 0 Å². The van der Waals surface area contributed by atoms with Gasteiger partial charge in [0.15, 0.2) is 0 Å². The van der Waals surface area contributed by atoms with Gasteiger partial charge in [-0.3, -0.25) is 0 Å². The van der Waals surface area contributed by atoms with Crippen LogP contribution in [0.5, 0.6) is 0 Å². The first-order valence-electron chi connectivity index (χ1n) is 5.03. The van der Waals surface area contributed by atoms with E-state index in [-0.39, 0.29) is 0 Å². The van der Waals surface area contributed by atoms with Crippen molar-refractivity contribution in [1.29, 1.82) is 0 Å². The van der Waals surface area contributed by atoms with Crippen molar-refractivity contribution in [2.75, 3.05) is 32.9 Å². The summed E-state index contributed by atoms with van der Waals surface area (Å²) in [5.74, 6) is 0.725. The molecule has 13 heavy (non-hydrogen) atoms. The molecule has 1 N–H and O–H groups in total. The van der Waals surface area contributed by atoms with Gasteiger partial charge in [0.2, 0.25) is 0 Å². The van der Waals surface area contributed by atoms with Gasteiger partial charge in [-0.15, -0.1) is 0 Å². The highest BCUT2D eigenvalue weighted by Gasteiger charge is 2.15. The fourth-order valence-corrected chi connectivity index (χ4v) is 1.74. The number of rotatable bonds is 4.